The van der Waals surface area contributed by atoms with Crippen molar-refractivity contribution in [2.24, 2.45) is 34.5 Å². The van der Waals surface area contributed by atoms with Crippen molar-refractivity contribution in [3.8, 4) is 0 Å². The largest absolute Gasteiger partial charge is 0.481 e. The smallest absolute Gasteiger partial charge is 0.306 e. The van der Waals surface area contributed by atoms with Gasteiger partial charge in [-0.3, -0.25) is 4.79 Å². The van der Waals surface area contributed by atoms with Crippen LogP contribution in [0.1, 0.15) is 51.9 Å². The van der Waals surface area contributed by atoms with Crippen LogP contribution < -0.4 is 0 Å². The lowest BCUT2D eigenvalue weighted by Crippen LogP contribution is -2.59. The monoisotopic (exact) mass is 320 g/mol. The fourth-order valence-electron chi connectivity index (χ4n) is 7.26. The predicted octanol–water partition coefficient (Wildman–Crippen LogP) is 2.59. The maximum absolute atomic E-state index is 11.8. The first kappa shape index (κ1) is 15.6. The van der Waals surface area contributed by atoms with Crippen molar-refractivity contribution >= 4 is 5.97 Å². The molecule has 1 spiro atoms. The van der Waals surface area contributed by atoms with Gasteiger partial charge in [0.15, 0.2) is 0 Å². The number of fused-ring (bicyclic) bond motifs is 3. The van der Waals surface area contributed by atoms with Crippen molar-refractivity contribution in [1.29, 1.82) is 0 Å². The molecule has 0 aromatic rings. The van der Waals surface area contributed by atoms with Crippen LogP contribution in [0.3, 0.4) is 0 Å². The van der Waals surface area contributed by atoms with Crippen LogP contribution in [0, 0.1) is 34.5 Å². The molecule has 4 heteroatoms. The van der Waals surface area contributed by atoms with E-state index in [2.05, 4.69) is 13.5 Å². The van der Waals surface area contributed by atoms with E-state index in [4.69, 9.17) is 0 Å². The second-order valence-electron chi connectivity index (χ2n) is 8.93. The van der Waals surface area contributed by atoms with Gasteiger partial charge < -0.3 is 15.3 Å². The predicted molar refractivity (Wildman–Crippen MR) is 85.6 cm³/mol. The summed E-state index contributed by atoms with van der Waals surface area (Å²) in [6.45, 7) is 6.35. The van der Waals surface area contributed by atoms with Gasteiger partial charge >= 0.3 is 5.97 Å². The summed E-state index contributed by atoms with van der Waals surface area (Å²) in [5.41, 5.74) is 0.696. The molecule has 0 radical (unpaired) electrons. The van der Waals surface area contributed by atoms with Crippen LogP contribution in [0.25, 0.3) is 0 Å². The van der Waals surface area contributed by atoms with E-state index in [0.29, 0.717) is 24.7 Å². The van der Waals surface area contributed by atoms with Crippen molar-refractivity contribution in [2.45, 2.75) is 64.1 Å². The third-order valence-electron chi connectivity index (χ3n) is 8.11. The molecule has 4 fully saturated rings. The highest BCUT2D eigenvalue weighted by Gasteiger charge is 2.66. The summed E-state index contributed by atoms with van der Waals surface area (Å²) in [4.78, 5) is 11.8. The maximum atomic E-state index is 11.8. The molecule has 128 valence electrons. The summed E-state index contributed by atoms with van der Waals surface area (Å²) >= 11 is 0. The lowest BCUT2D eigenvalue weighted by molar-refractivity contribution is -0.184. The average Bonchev–Trinajstić information content (AvgIpc) is 2.66. The average molecular weight is 320 g/mol. The van der Waals surface area contributed by atoms with Gasteiger partial charge in [-0.25, -0.2) is 0 Å². The van der Waals surface area contributed by atoms with Crippen LogP contribution in [0.5, 0.6) is 0 Å². The minimum absolute atomic E-state index is 0.120. The highest BCUT2D eigenvalue weighted by atomic mass is 16.4. The van der Waals surface area contributed by atoms with Gasteiger partial charge in [0.05, 0.1) is 18.1 Å². The zero-order chi connectivity index (χ0) is 16.6. The molecule has 0 aliphatic heterocycles. The molecule has 0 aromatic carbocycles. The quantitative estimate of drug-likeness (QED) is 0.649. The Labute approximate surface area is 137 Å². The SMILES string of the molecule is C=C1[C@@H]2CC[C@@H]3[C@]4(C)C[C@H](O)C[C@@H](C(=O)O)[C@@H]4CC[C@]3(C2)[C@H]1O. The Balaban J connectivity index is 1.76. The number of rotatable bonds is 1. The first-order chi connectivity index (χ1) is 10.8. The Morgan fingerprint density at radius 1 is 1.22 bits per heavy atom. The Kier molecular flexibility index (Phi) is 3.28. The van der Waals surface area contributed by atoms with E-state index in [9.17, 15) is 20.1 Å². The molecular weight excluding hydrogens is 292 g/mol. The molecule has 4 rings (SSSR count). The van der Waals surface area contributed by atoms with Gasteiger partial charge in [-0.15, -0.1) is 0 Å². The topological polar surface area (TPSA) is 77.8 Å². The molecule has 0 amide bonds. The molecule has 4 aliphatic carbocycles. The molecule has 4 saturated carbocycles. The number of aliphatic carboxylic acids is 1. The zero-order valence-corrected chi connectivity index (χ0v) is 13.9. The number of hydrogen-bond acceptors (Lipinski definition) is 3. The summed E-state index contributed by atoms with van der Waals surface area (Å²) < 4.78 is 0. The van der Waals surface area contributed by atoms with E-state index >= 15 is 0 Å². The van der Waals surface area contributed by atoms with Gasteiger partial charge in [0, 0.05) is 5.41 Å². The van der Waals surface area contributed by atoms with Gasteiger partial charge in [0.1, 0.15) is 0 Å². The molecule has 0 unspecified atom stereocenters. The molecule has 23 heavy (non-hydrogen) atoms. The molecule has 0 saturated heterocycles. The number of aliphatic hydroxyl groups excluding tert-OH is 2. The van der Waals surface area contributed by atoms with E-state index in [1.54, 1.807) is 0 Å². The van der Waals surface area contributed by atoms with E-state index in [0.717, 1.165) is 37.7 Å². The van der Waals surface area contributed by atoms with E-state index in [-0.39, 0.29) is 16.7 Å². The molecule has 0 heterocycles. The van der Waals surface area contributed by atoms with Gasteiger partial charge in [-0.1, -0.05) is 13.5 Å². The summed E-state index contributed by atoms with van der Waals surface area (Å²) in [6.07, 6.45) is 4.94. The van der Waals surface area contributed by atoms with Crippen molar-refractivity contribution in [2.75, 3.05) is 0 Å². The molecule has 3 N–H and O–H groups in total. The van der Waals surface area contributed by atoms with Gasteiger partial charge in [-0.05, 0) is 73.7 Å². The molecule has 4 nitrogen and oxygen atoms in total. The second kappa shape index (κ2) is 4.82. The first-order valence-electron chi connectivity index (χ1n) is 9.07. The van der Waals surface area contributed by atoms with Crippen LogP contribution in [-0.2, 0) is 4.79 Å². The highest BCUT2D eigenvalue weighted by molar-refractivity contribution is 5.71. The van der Waals surface area contributed by atoms with E-state index in [1.807, 2.05) is 0 Å². The fourth-order valence-corrected chi connectivity index (χ4v) is 7.26. The first-order valence-corrected chi connectivity index (χ1v) is 9.07. The number of aliphatic hydroxyl groups is 2. The number of hydrogen-bond donors (Lipinski definition) is 3. The van der Waals surface area contributed by atoms with E-state index < -0.39 is 24.1 Å². The standard InChI is InChI=1S/C19H28O4/c1-10-11-3-4-15-18(2)9-12(20)7-13(17(22)23)14(18)5-6-19(15,8-11)16(10)21/h11-16,20-21H,1,3-9H2,2H3,(H,22,23)/t11-,12-,13-,14+,15-,16+,18-,19-/m1/s1. The van der Waals surface area contributed by atoms with Crippen molar-refractivity contribution in [3.63, 3.8) is 0 Å². The normalized spacial score (nSPS) is 55.2. The lowest BCUT2D eigenvalue weighted by atomic mass is 9.43. The lowest BCUT2D eigenvalue weighted by Gasteiger charge is -2.62. The summed E-state index contributed by atoms with van der Waals surface area (Å²) in [5, 5.41) is 30.9. The Hall–Kier alpha value is -0.870. The Morgan fingerprint density at radius 2 is 1.96 bits per heavy atom. The number of carboxylic acids is 1. The van der Waals surface area contributed by atoms with Gasteiger partial charge in [0.25, 0.3) is 0 Å². The zero-order valence-electron chi connectivity index (χ0n) is 13.9. The molecule has 4 aliphatic rings. The van der Waals surface area contributed by atoms with Crippen LogP contribution in [0.15, 0.2) is 12.2 Å². The third-order valence-corrected chi connectivity index (χ3v) is 8.11. The van der Waals surface area contributed by atoms with Crippen LogP contribution in [0.2, 0.25) is 0 Å². The van der Waals surface area contributed by atoms with Crippen LogP contribution in [0.4, 0.5) is 0 Å². The molecular formula is C19H28O4. The molecule has 2 bridgehead atoms. The molecule has 0 aromatic heterocycles. The fraction of sp³-hybridized carbons (Fsp3) is 0.842. The van der Waals surface area contributed by atoms with Crippen molar-refractivity contribution < 1.29 is 20.1 Å². The van der Waals surface area contributed by atoms with Gasteiger partial charge in [0.2, 0.25) is 0 Å². The van der Waals surface area contributed by atoms with Crippen LogP contribution in [-0.4, -0.2) is 33.5 Å². The second-order valence-corrected chi connectivity index (χ2v) is 8.93. The number of carbonyl (C=O) groups is 1. The Bertz CT molecular complexity index is 558. The van der Waals surface area contributed by atoms with Gasteiger partial charge in [-0.2, -0.15) is 0 Å². The van der Waals surface area contributed by atoms with Crippen molar-refractivity contribution in [1.82, 2.24) is 0 Å². The Morgan fingerprint density at radius 3 is 2.65 bits per heavy atom. The summed E-state index contributed by atoms with van der Waals surface area (Å²) in [5.74, 6) is -0.348. The number of carboxylic acid groups (broad SMARTS) is 1. The third kappa shape index (κ3) is 1.88. The van der Waals surface area contributed by atoms with E-state index in [1.165, 1.54) is 0 Å². The van der Waals surface area contributed by atoms with Crippen molar-refractivity contribution in [3.05, 3.63) is 12.2 Å². The summed E-state index contributed by atoms with van der Waals surface area (Å²) in [6, 6.07) is 0. The maximum Gasteiger partial charge on any atom is 0.306 e. The summed E-state index contributed by atoms with van der Waals surface area (Å²) in [7, 11) is 0. The van der Waals surface area contributed by atoms with Crippen LogP contribution >= 0.6 is 0 Å². The minimum atomic E-state index is -0.763. The molecule has 8 atom stereocenters. The minimum Gasteiger partial charge on any atom is -0.481 e. The highest BCUT2D eigenvalue weighted by Crippen LogP contribution is 2.70.